The summed E-state index contributed by atoms with van der Waals surface area (Å²) < 4.78 is 63.1. The van der Waals surface area contributed by atoms with Gasteiger partial charge in [0.2, 0.25) is 11.2 Å². The van der Waals surface area contributed by atoms with Crippen molar-refractivity contribution in [3.05, 3.63) is 92.8 Å². The lowest BCUT2D eigenvalue weighted by atomic mass is 10.00. The van der Waals surface area contributed by atoms with Crippen LogP contribution in [0.4, 0.5) is 13.2 Å². The predicted octanol–water partition coefficient (Wildman–Crippen LogP) is 7.15. The molecule has 4 aromatic rings. The normalized spacial score (nSPS) is 11.4. The number of fused-ring (bicyclic) bond motifs is 1. The highest BCUT2D eigenvalue weighted by Crippen LogP contribution is 2.40. The molecule has 1 aromatic heterocycles. The van der Waals surface area contributed by atoms with E-state index in [2.05, 4.69) is 0 Å². The Labute approximate surface area is 210 Å². The van der Waals surface area contributed by atoms with Gasteiger partial charge < -0.3 is 18.6 Å². The molecule has 0 aliphatic carbocycles. The van der Waals surface area contributed by atoms with Crippen molar-refractivity contribution in [3.8, 4) is 23.0 Å². The van der Waals surface area contributed by atoms with E-state index < -0.39 is 34.7 Å². The van der Waals surface area contributed by atoms with E-state index >= 15 is 0 Å². The first kappa shape index (κ1) is 25.8. The molecule has 0 unspecified atom stereocenters. The standard InChI is InChI=1S/C28H23F3O6/c1-5-34-20-8-6-7-9-21(20)36-25-24(32)19-11-10-18(14-22(19)37-26(25)28(29,30)31)35-27(33)23-16(3)12-15(2)13-17(23)4/h6-14H,5H2,1-4H3. The molecule has 192 valence electrons. The van der Waals surface area contributed by atoms with Gasteiger partial charge in [-0.15, -0.1) is 0 Å². The number of rotatable bonds is 6. The van der Waals surface area contributed by atoms with E-state index in [1.807, 2.05) is 19.1 Å². The Morgan fingerprint density at radius 2 is 1.59 bits per heavy atom. The molecule has 0 bridgehead atoms. The van der Waals surface area contributed by atoms with Crippen molar-refractivity contribution in [2.75, 3.05) is 6.61 Å². The second kappa shape index (κ2) is 10.0. The number of carbonyl (C=O) groups is 1. The predicted molar refractivity (Wildman–Crippen MR) is 131 cm³/mol. The van der Waals surface area contributed by atoms with Gasteiger partial charge in [-0.2, -0.15) is 13.2 Å². The highest BCUT2D eigenvalue weighted by atomic mass is 19.4. The monoisotopic (exact) mass is 512 g/mol. The molecule has 0 atom stereocenters. The minimum atomic E-state index is -5.05. The van der Waals surface area contributed by atoms with Gasteiger partial charge in [0.1, 0.15) is 11.3 Å². The number of alkyl halides is 3. The fourth-order valence-corrected chi connectivity index (χ4v) is 4.08. The highest BCUT2D eigenvalue weighted by molar-refractivity contribution is 5.94. The Balaban J connectivity index is 1.77. The summed E-state index contributed by atoms with van der Waals surface area (Å²) in [5.74, 6) is -3.31. The Hall–Kier alpha value is -4.27. The van der Waals surface area contributed by atoms with E-state index in [4.69, 9.17) is 18.6 Å². The van der Waals surface area contributed by atoms with Gasteiger partial charge >= 0.3 is 12.1 Å². The van der Waals surface area contributed by atoms with E-state index in [9.17, 15) is 22.8 Å². The van der Waals surface area contributed by atoms with Crippen LogP contribution in [0.2, 0.25) is 0 Å². The third-order valence-corrected chi connectivity index (χ3v) is 5.53. The van der Waals surface area contributed by atoms with Gasteiger partial charge in [-0.3, -0.25) is 4.79 Å². The fourth-order valence-electron chi connectivity index (χ4n) is 4.08. The molecule has 9 heteroatoms. The largest absolute Gasteiger partial charge is 0.490 e. The van der Waals surface area contributed by atoms with E-state index in [0.717, 1.165) is 11.6 Å². The van der Waals surface area contributed by atoms with E-state index in [-0.39, 0.29) is 29.2 Å². The molecule has 37 heavy (non-hydrogen) atoms. The van der Waals surface area contributed by atoms with Gasteiger partial charge in [0.25, 0.3) is 5.76 Å². The third-order valence-electron chi connectivity index (χ3n) is 5.53. The van der Waals surface area contributed by atoms with Crippen molar-refractivity contribution in [2.45, 2.75) is 33.9 Å². The molecule has 0 radical (unpaired) electrons. The van der Waals surface area contributed by atoms with Crippen LogP contribution in [0.5, 0.6) is 23.0 Å². The summed E-state index contributed by atoms with van der Waals surface area (Å²) in [6, 6.07) is 13.3. The fraction of sp³-hybridized carbons (Fsp3) is 0.214. The van der Waals surface area contributed by atoms with Gasteiger partial charge in [-0.05, 0) is 63.1 Å². The number of hydrogen-bond acceptors (Lipinski definition) is 6. The second-order valence-electron chi connectivity index (χ2n) is 8.39. The summed E-state index contributed by atoms with van der Waals surface area (Å²) in [4.78, 5) is 25.9. The molecule has 0 fully saturated rings. The van der Waals surface area contributed by atoms with Crippen LogP contribution in [0.1, 0.15) is 39.7 Å². The van der Waals surface area contributed by atoms with Crippen LogP contribution >= 0.6 is 0 Å². The zero-order chi connectivity index (χ0) is 26.9. The molecular formula is C28H23F3O6. The first-order valence-corrected chi connectivity index (χ1v) is 11.4. The molecule has 0 N–H and O–H groups in total. The van der Waals surface area contributed by atoms with Crippen LogP contribution < -0.4 is 19.6 Å². The zero-order valence-electron chi connectivity index (χ0n) is 20.5. The summed E-state index contributed by atoms with van der Waals surface area (Å²) in [7, 11) is 0. The van der Waals surface area contributed by atoms with Gasteiger partial charge in [-0.25, -0.2) is 4.79 Å². The summed E-state index contributed by atoms with van der Waals surface area (Å²) in [5, 5.41) is -0.181. The van der Waals surface area contributed by atoms with Gasteiger partial charge in [-0.1, -0.05) is 29.8 Å². The molecule has 0 aliphatic rings. The minimum Gasteiger partial charge on any atom is -0.490 e. The number of benzene rings is 3. The van der Waals surface area contributed by atoms with Crippen molar-refractivity contribution in [3.63, 3.8) is 0 Å². The number of carbonyl (C=O) groups excluding carboxylic acids is 1. The maximum absolute atomic E-state index is 13.9. The summed E-state index contributed by atoms with van der Waals surface area (Å²) >= 11 is 0. The number of para-hydroxylation sites is 2. The minimum absolute atomic E-state index is 0.0733. The van der Waals surface area contributed by atoms with Crippen LogP contribution in [0.15, 0.2) is 63.8 Å². The van der Waals surface area contributed by atoms with Crippen molar-refractivity contribution in [1.29, 1.82) is 0 Å². The molecule has 3 aromatic carbocycles. The molecule has 0 amide bonds. The lowest BCUT2D eigenvalue weighted by molar-refractivity contribution is -0.154. The molecular weight excluding hydrogens is 489 g/mol. The van der Waals surface area contributed by atoms with Crippen LogP contribution in [0, 0.1) is 20.8 Å². The number of aryl methyl sites for hydroxylation is 3. The quantitative estimate of drug-likeness (QED) is 0.202. The SMILES string of the molecule is CCOc1ccccc1Oc1c(C(F)(F)F)oc2cc(OC(=O)c3c(C)cc(C)cc3C)ccc2c1=O. The molecule has 4 rings (SSSR count). The Morgan fingerprint density at radius 1 is 0.946 bits per heavy atom. The Kier molecular flexibility index (Phi) is 6.98. The second-order valence-corrected chi connectivity index (χ2v) is 8.39. The molecule has 1 heterocycles. The lowest BCUT2D eigenvalue weighted by Crippen LogP contribution is -2.16. The maximum atomic E-state index is 13.9. The molecule has 6 nitrogen and oxygen atoms in total. The van der Waals surface area contributed by atoms with Gasteiger partial charge in [0.05, 0.1) is 17.6 Å². The van der Waals surface area contributed by atoms with Gasteiger partial charge in [0.15, 0.2) is 11.5 Å². The molecule has 0 saturated carbocycles. The highest BCUT2D eigenvalue weighted by Gasteiger charge is 2.41. The van der Waals surface area contributed by atoms with Crippen LogP contribution in [-0.2, 0) is 6.18 Å². The van der Waals surface area contributed by atoms with E-state index in [1.54, 1.807) is 26.8 Å². The van der Waals surface area contributed by atoms with Crippen molar-refractivity contribution < 1.29 is 36.6 Å². The molecule has 0 saturated heterocycles. The van der Waals surface area contributed by atoms with Crippen molar-refractivity contribution in [1.82, 2.24) is 0 Å². The van der Waals surface area contributed by atoms with Crippen LogP contribution in [-0.4, -0.2) is 12.6 Å². The summed E-state index contributed by atoms with van der Waals surface area (Å²) in [5.41, 5.74) is 1.26. The molecule has 0 aliphatic heterocycles. The van der Waals surface area contributed by atoms with Crippen molar-refractivity contribution in [2.24, 2.45) is 0 Å². The topological polar surface area (TPSA) is 75.0 Å². The van der Waals surface area contributed by atoms with E-state index in [1.165, 1.54) is 30.3 Å². The van der Waals surface area contributed by atoms with Crippen molar-refractivity contribution >= 4 is 16.9 Å². The van der Waals surface area contributed by atoms with E-state index in [0.29, 0.717) is 16.7 Å². The first-order chi connectivity index (χ1) is 17.5. The molecule has 0 spiro atoms. The Bertz CT molecular complexity index is 1530. The third kappa shape index (κ3) is 5.30. The van der Waals surface area contributed by atoms with Crippen LogP contribution in [0.25, 0.3) is 11.0 Å². The summed E-state index contributed by atoms with van der Waals surface area (Å²) in [6.07, 6.45) is -5.05. The maximum Gasteiger partial charge on any atom is 0.453 e. The summed E-state index contributed by atoms with van der Waals surface area (Å²) in [6.45, 7) is 7.36. The zero-order valence-corrected chi connectivity index (χ0v) is 20.5. The average molecular weight is 512 g/mol. The lowest BCUT2D eigenvalue weighted by Gasteiger charge is -2.15. The smallest absolute Gasteiger partial charge is 0.453 e. The number of hydrogen-bond donors (Lipinski definition) is 0. The number of halogens is 3. The Morgan fingerprint density at radius 3 is 2.22 bits per heavy atom. The van der Waals surface area contributed by atoms with Gasteiger partial charge in [0, 0.05) is 6.07 Å². The number of ether oxygens (including phenoxy) is 3. The first-order valence-electron chi connectivity index (χ1n) is 11.4. The van der Waals surface area contributed by atoms with Crippen LogP contribution in [0.3, 0.4) is 0 Å². The number of esters is 1. The average Bonchev–Trinajstić information content (AvgIpc) is 2.80.